The van der Waals surface area contributed by atoms with Crippen molar-refractivity contribution in [3.05, 3.63) is 64.3 Å². The zero-order valence-electron chi connectivity index (χ0n) is 13.7. The molecular weight excluding hydrogens is 302 g/mol. The van der Waals surface area contributed by atoms with Crippen LogP contribution in [0.15, 0.2) is 28.8 Å². The van der Waals surface area contributed by atoms with Crippen LogP contribution in [0.1, 0.15) is 28.7 Å². The number of aromatic nitrogens is 3. The van der Waals surface area contributed by atoms with Crippen LogP contribution in [0.4, 0.5) is 5.69 Å². The molecule has 0 saturated heterocycles. The largest absolute Gasteiger partial charge is 0.338 e. The summed E-state index contributed by atoms with van der Waals surface area (Å²) >= 11 is 0. The molecule has 6 heteroatoms. The molecule has 0 aliphatic carbocycles. The first-order valence-electron chi connectivity index (χ1n) is 7.42. The van der Waals surface area contributed by atoms with Gasteiger partial charge in [0.1, 0.15) is 12.6 Å². The molecule has 0 saturated carbocycles. The Hall–Kier alpha value is -3.38. The smallest absolute Gasteiger partial charge is 0.246 e. The summed E-state index contributed by atoms with van der Waals surface area (Å²) in [6.07, 6.45) is 0. The molecule has 6 nitrogen and oxygen atoms in total. The van der Waals surface area contributed by atoms with E-state index >= 15 is 0 Å². The van der Waals surface area contributed by atoms with Crippen molar-refractivity contribution in [2.75, 3.05) is 0 Å². The van der Waals surface area contributed by atoms with Crippen LogP contribution in [0.25, 0.3) is 16.0 Å². The fraction of sp³-hybridized carbons (Fsp3) is 0.222. The van der Waals surface area contributed by atoms with E-state index < -0.39 is 0 Å². The van der Waals surface area contributed by atoms with Crippen molar-refractivity contribution in [3.63, 3.8) is 0 Å². The summed E-state index contributed by atoms with van der Waals surface area (Å²) in [6, 6.07) is 9.56. The Morgan fingerprint density at radius 2 is 1.92 bits per heavy atom. The molecule has 0 unspecified atom stereocenters. The second-order valence-corrected chi connectivity index (χ2v) is 5.51. The highest BCUT2D eigenvalue weighted by atomic mass is 16.5. The third kappa shape index (κ3) is 2.55. The van der Waals surface area contributed by atoms with E-state index in [4.69, 9.17) is 11.1 Å². The molecule has 3 aromatic rings. The van der Waals surface area contributed by atoms with E-state index in [0.29, 0.717) is 29.5 Å². The van der Waals surface area contributed by atoms with Gasteiger partial charge in [0.05, 0.1) is 12.1 Å². The predicted molar refractivity (Wildman–Crippen MR) is 88.5 cm³/mol. The molecule has 118 valence electrons. The molecule has 24 heavy (non-hydrogen) atoms. The molecule has 0 bridgehead atoms. The molecule has 0 N–H and O–H groups in total. The monoisotopic (exact) mass is 317 g/mol. The van der Waals surface area contributed by atoms with E-state index in [0.717, 1.165) is 22.5 Å². The fourth-order valence-electron chi connectivity index (χ4n) is 2.85. The van der Waals surface area contributed by atoms with Gasteiger partial charge in [-0.3, -0.25) is 0 Å². The molecule has 1 aromatic carbocycles. The summed E-state index contributed by atoms with van der Waals surface area (Å²) in [7, 11) is 0. The molecule has 2 aromatic heterocycles. The minimum atomic E-state index is 0.424. The SMILES string of the molecule is [C-]#[N+]c1ccc(-c2c(C#N)c(C)n(Cc3nc(C)no3)c2C)cc1. The average molecular weight is 317 g/mol. The van der Waals surface area contributed by atoms with Crippen LogP contribution in [-0.4, -0.2) is 14.7 Å². The van der Waals surface area contributed by atoms with Gasteiger partial charge < -0.3 is 9.09 Å². The maximum absolute atomic E-state index is 9.61. The molecule has 0 amide bonds. The molecule has 0 radical (unpaired) electrons. The van der Waals surface area contributed by atoms with Crippen molar-refractivity contribution in [2.45, 2.75) is 27.3 Å². The zero-order valence-corrected chi connectivity index (χ0v) is 13.7. The Morgan fingerprint density at radius 3 is 2.46 bits per heavy atom. The number of hydrogen-bond acceptors (Lipinski definition) is 4. The highest BCUT2D eigenvalue weighted by Crippen LogP contribution is 2.33. The van der Waals surface area contributed by atoms with Crippen molar-refractivity contribution in [1.82, 2.24) is 14.7 Å². The van der Waals surface area contributed by atoms with Crippen LogP contribution in [0.5, 0.6) is 0 Å². The third-order valence-corrected chi connectivity index (χ3v) is 4.04. The molecule has 0 aliphatic heterocycles. The van der Waals surface area contributed by atoms with E-state index in [-0.39, 0.29) is 0 Å². The van der Waals surface area contributed by atoms with Crippen LogP contribution in [0.2, 0.25) is 0 Å². The molecular formula is C18H15N5O. The first-order chi connectivity index (χ1) is 11.5. The van der Waals surface area contributed by atoms with Crippen molar-refractivity contribution in [3.8, 4) is 17.2 Å². The third-order valence-electron chi connectivity index (χ3n) is 4.04. The van der Waals surface area contributed by atoms with Gasteiger partial charge in [0.25, 0.3) is 0 Å². The summed E-state index contributed by atoms with van der Waals surface area (Å²) in [5, 5.41) is 13.4. The van der Waals surface area contributed by atoms with Gasteiger partial charge in [0.15, 0.2) is 11.5 Å². The lowest BCUT2D eigenvalue weighted by Gasteiger charge is -2.07. The second kappa shape index (κ2) is 6.02. The van der Waals surface area contributed by atoms with Crippen LogP contribution in [-0.2, 0) is 6.54 Å². The number of hydrogen-bond donors (Lipinski definition) is 0. The summed E-state index contributed by atoms with van der Waals surface area (Å²) in [6.45, 7) is 13.1. The molecule has 3 rings (SSSR count). The Bertz CT molecular complexity index is 980. The van der Waals surface area contributed by atoms with Gasteiger partial charge in [0.2, 0.25) is 5.89 Å². The normalized spacial score (nSPS) is 10.4. The van der Waals surface area contributed by atoms with Crippen molar-refractivity contribution < 1.29 is 4.52 Å². The Labute approximate surface area is 139 Å². The van der Waals surface area contributed by atoms with Crippen LogP contribution < -0.4 is 0 Å². The predicted octanol–water partition coefficient (Wildman–Crippen LogP) is 3.93. The van der Waals surface area contributed by atoms with Gasteiger partial charge in [-0.1, -0.05) is 29.4 Å². The summed E-state index contributed by atoms with van der Waals surface area (Å²) in [5.74, 6) is 1.09. The molecule has 2 heterocycles. The zero-order chi connectivity index (χ0) is 17.3. The summed E-state index contributed by atoms with van der Waals surface area (Å²) in [4.78, 5) is 7.64. The lowest BCUT2D eigenvalue weighted by atomic mass is 10.0. The molecule has 0 aliphatic rings. The topological polar surface area (TPSA) is 72.0 Å². The van der Waals surface area contributed by atoms with Gasteiger partial charge in [0, 0.05) is 17.0 Å². The lowest BCUT2D eigenvalue weighted by Crippen LogP contribution is -2.04. The van der Waals surface area contributed by atoms with Gasteiger partial charge in [-0.25, -0.2) is 4.85 Å². The van der Waals surface area contributed by atoms with Crippen molar-refractivity contribution in [2.24, 2.45) is 0 Å². The summed E-state index contributed by atoms with van der Waals surface area (Å²) in [5.41, 5.74) is 4.81. The minimum Gasteiger partial charge on any atom is -0.338 e. The number of rotatable bonds is 3. The maximum atomic E-state index is 9.61. The minimum absolute atomic E-state index is 0.424. The highest BCUT2D eigenvalue weighted by molar-refractivity contribution is 5.76. The van der Waals surface area contributed by atoms with E-state index in [1.54, 1.807) is 19.1 Å². The van der Waals surface area contributed by atoms with E-state index in [2.05, 4.69) is 21.1 Å². The molecule has 0 fully saturated rings. The average Bonchev–Trinajstić information content (AvgIpc) is 3.10. The van der Waals surface area contributed by atoms with Gasteiger partial charge in [-0.15, -0.1) is 0 Å². The molecule has 0 atom stereocenters. The maximum Gasteiger partial charge on any atom is 0.246 e. The van der Waals surface area contributed by atoms with Crippen LogP contribution >= 0.6 is 0 Å². The van der Waals surface area contributed by atoms with E-state index in [9.17, 15) is 5.26 Å². The first-order valence-corrected chi connectivity index (χ1v) is 7.42. The quantitative estimate of drug-likeness (QED) is 0.686. The van der Waals surface area contributed by atoms with E-state index in [1.165, 1.54) is 0 Å². The Kier molecular flexibility index (Phi) is 3.89. The molecule has 0 spiro atoms. The fourth-order valence-corrected chi connectivity index (χ4v) is 2.85. The lowest BCUT2D eigenvalue weighted by molar-refractivity contribution is 0.366. The van der Waals surface area contributed by atoms with Crippen molar-refractivity contribution in [1.29, 1.82) is 5.26 Å². The van der Waals surface area contributed by atoms with E-state index in [1.807, 2.05) is 30.5 Å². The first kappa shape index (κ1) is 15.5. The number of benzene rings is 1. The summed E-state index contributed by atoms with van der Waals surface area (Å²) < 4.78 is 7.20. The standard InChI is InChI=1S/C18H15N5O/c1-11-16(9-19)18(14-5-7-15(20-4)8-6-14)12(2)23(11)10-17-21-13(3)22-24-17/h5-8H,10H2,1-3H3. The Morgan fingerprint density at radius 1 is 1.21 bits per heavy atom. The number of nitrogens with zero attached hydrogens (tertiary/aromatic N) is 5. The van der Waals surface area contributed by atoms with Gasteiger partial charge in [-0.05, 0) is 26.3 Å². The highest BCUT2D eigenvalue weighted by Gasteiger charge is 2.20. The van der Waals surface area contributed by atoms with Gasteiger partial charge in [-0.2, -0.15) is 10.2 Å². The second-order valence-electron chi connectivity index (χ2n) is 5.51. The van der Waals surface area contributed by atoms with Gasteiger partial charge >= 0.3 is 0 Å². The van der Waals surface area contributed by atoms with Crippen LogP contribution in [0, 0.1) is 38.7 Å². The Balaban J connectivity index is 2.11. The number of aryl methyl sites for hydroxylation is 1. The van der Waals surface area contributed by atoms with Crippen molar-refractivity contribution >= 4 is 5.69 Å². The number of nitriles is 1. The van der Waals surface area contributed by atoms with Crippen LogP contribution in [0.3, 0.4) is 0 Å².